The maximum absolute atomic E-state index is 11.9. The Balaban J connectivity index is 1.51. The van der Waals surface area contributed by atoms with Gasteiger partial charge in [-0.2, -0.15) is 0 Å². The highest BCUT2D eigenvalue weighted by Crippen LogP contribution is 2.36. The highest BCUT2D eigenvalue weighted by molar-refractivity contribution is 5.90. The maximum atomic E-state index is 11.9. The first kappa shape index (κ1) is 12.6. The van der Waals surface area contributed by atoms with Gasteiger partial charge in [0.1, 0.15) is 0 Å². The summed E-state index contributed by atoms with van der Waals surface area (Å²) in [6, 6.07) is 2.03. The van der Waals surface area contributed by atoms with E-state index in [0.29, 0.717) is 30.3 Å². The van der Waals surface area contributed by atoms with E-state index in [4.69, 9.17) is 10.3 Å². The zero-order chi connectivity index (χ0) is 13.4. The van der Waals surface area contributed by atoms with E-state index < -0.39 is 0 Å². The van der Waals surface area contributed by atoms with Crippen molar-refractivity contribution >= 4 is 11.8 Å². The van der Waals surface area contributed by atoms with Crippen molar-refractivity contribution in [1.29, 1.82) is 0 Å². The third-order valence-corrected chi connectivity index (χ3v) is 4.25. The Morgan fingerprint density at radius 2 is 2.42 bits per heavy atom. The molecule has 0 aromatic carbocycles. The summed E-state index contributed by atoms with van der Waals surface area (Å²) in [6.07, 6.45) is 2.33. The lowest BCUT2D eigenvalue weighted by Gasteiger charge is -2.17. The number of nitrogens with zero attached hydrogens (tertiary/aromatic N) is 2. The standard InChI is InChI=1S/C13H20N4O2/c1-8-4-13(19-16-8)15-12(18)7-17-5-9-2-3-11(14)10(9)6-17/h4,9-11H,2-3,5-7,14H2,1H3,(H,15,18). The van der Waals surface area contributed by atoms with Crippen molar-refractivity contribution in [2.45, 2.75) is 25.8 Å². The van der Waals surface area contributed by atoms with Crippen LogP contribution in [0.15, 0.2) is 10.6 Å². The molecule has 1 aliphatic carbocycles. The molecule has 1 aromatic heterocycles. The van der Waals surface area contributed by atoms with Crippen LogP contribution in [0.1, 0.15) is 18.5 Å². The van der Waals surface area contributed by atoms with Gasteiger partial charge in [-0.3, -0.25) is 15.0 Å². The zero-order valence-corrected chi connectivity index (χ0v) is 11.1. The summed E-state index contributed by atoms with van der Waals surface area (Å²) >= 11 is 0. The average molecular weight is 264 g/mol. The molecule has 1 amide bonds. The van der Waals surface area contributed by atoms with Gasteiger partial charge in [-0.05, 0) is 31.6 Å². The topological polar surface area (TPSA) is 84.4 Å². The van der Waals surface area contributed by atoms with Crippen LogP contribution >= 0.6 is 0 Å². The Morgan fingerprint density at radius 1 is 1.58 bits per heavy atom. The van der Waals surface area contributed by atoms with Crippen LogP contribution in [-0.2, 0) is 4.79 Å². The first-order chi connectivity index (χ1) is 9.11. The Kier molecular flexibility index (Phi) is 3.28. The lowest BCUT2D eigenvalue weighted by Crippen LogP contribution is -2.34. The van der Waals surface area contributed by atoms with Crippen LogP contribution < -0.4 is 11.1 Å². The maximum Gasteiger partial charge on any atom is 0.240 e. The fourth-order valence-corrected chi connectivity index (χ4v) is 3.33. The number of hydrogen-bond acceptors (Lipinski definition) is 5. The van der Waals surface area contributed by atoms with Gasteiger partial charge in [0.2, 0.25) is 11.8 Å². The SMILES string of the molecule is Cc1cc(NC(=O)CN2CC3CCC(N)C3C2)on1. The van der Waals surface area contributed by atoms with E-state index >= 15 is 0 Å². The molecule has 0 bridgehead atoms. The largest absolute Gasteiger partial charge is 0.338 e. The number of hydrogen-bond donors (Lipinski definition) is 2. The molecule has 19 heavy (non-hydrogen) atoms. The summed E-state index contributed by atoms with van der Waals surface area (Å²) in [6.45, 7) is 4.15. The van der Waals surface area contributed by atoms with Crippen molar-refractivity contribution in [3.05, 3.63) is 11.8 Å². The van der Waals surface area contributed by atoms with E-state index in [9.17, 15) is 4.79 Å². The van der Waals surface area contributed by atoms with E-state index in [0.717, 1.165) is 25.2 Å². The van der Waals surface area contributed by atoms with Crippen LogP contribution in [0.2, 0.25) is 0 Å². The number of rotatable bonds is 3. The van der Waals surface area contributed by atoms with Crippen LogP contribution in [-0.4, -0.2) is 41.6 Å². The van der Waals surface area contributed by atoms with Gasteiger partial charge >= 0.3 is 0 Å². The number of carbonyl (C=O) groups excluding carboxylic acids is 1. The molecule has 3 atom stereocenters. The Labute approximate surface area is 112 Å². The van der Waals surface area contributed by atoms with E-state index in [-0.39, 0.29) is 5.91 Å². The second-order valence-electron chi connectivity index (χ2n) is 5.74. The molecule has 1 aromatic rings. The third kappa shape index (κ3) is 2.64. The summed E-state index contributed by atoms with van der Waals surface area (Å²) < 4.78 is 4.97. The fraction of sp³-hybridized carbons (Fsp3) is 0.692. The van der Waals surface area contributed by atoms with Crippen LogP contribution in [0.4, 0.5) is 5.88 Å². The summed E-state index contributed by atoms with van der Waals surface area (Å²) in [5.74, 6) is 1.61. The minimum atomic E-state index is -0.0512. The van der Waals surface area contributed by atoms with E-state index in [1.807, 2.05) is 6.92 Å². The predicted octanol–water partition coefficient (Wildman–Crippen LogP) is 0.591. The number of fused-ring (bicyclic) bond motifs is 1. The Morgan fingerprint density at radius 3 is 3.11 bits per heavy atom. The number of aromatic nitrogens is 1. The second-order valence-corrected chi connectivity index (χ2v) is 5.74. The van der Waals surface area contributed by atoms with E-state index in [1.165, 1.54) is 6.42 Å². The number of nitrogens with one attached hydrogen (secondary N) is 1. The fourth-order valence-electron chi connectivity index (χ4n) is 3.33. The highest BCUT2D eigenvalue weighted by atomic mass is 16.5. The molecule has 1 saturated heterocycles. The number of amides is 1. The van der Waals surface area contributed by atoms with Gasteiger partial charge in [0.15, 0.2) is 0 Å². The van der Waals surface area contributed by atoms with Crippen LogP contribution in [0, 0.1) is 18.8 Å². The first-order valence-corrected chi connectivity index (χ1v) is 6.83. The van der Waals surface area contributed by atoms with E-state index in [1.54, 1.807) is 6.07 Å². The summed E-state index contributed by atoms with van der Waals surface area (Å²) in [5, 5.41) is 6.46. The number of anilines is 1. The van der Waals surface area contributed by atoms with Crippen LogP contribution in [0.5, 0.6) is 0 Å². The summed E-state index contributed by atoms with van der Waals surface area (Å²) in [7, 11) is 0. The Hall–Kier alpha value is -1.40. The lowest BCUT2D eigenvalue weighted by atomic mass is 9.98. The van der Waals surface area contributed by atoms with E-state index in [2.05, 4.69) is 15.4 Å². The van der Waals surface area contributed by atoms with Crippen molar-refractivity contribution in [1.82, 2.24) is 10.1 Å². The van der Waals surface area contributed by atoms with Crippen molar-refractivity contribution in [2.24, 2.45) is 17.6 Å². The average Bonchev–Trinajstić information content (AvgIpc) is 2.99. The normalized spacial score (nSPS) is 30.5. The zero-order valence-electron chi connectivity index (χ0n) is 11.1. The van der Waals surface area contributed by atoms with Gasteiger partial charge in [-0.25, -0.2) is 0 Å². The molecule has 3 unspecified atom stereocenters. The molecule has 104 valence electrons. The molecule has 6 nitrogen and oxygen atoms in total. The number of aryl methyl sites for hydroxylation is 1. The molecule has 2 fully saturated rings. The molecule has 3 N–H and O–H groups in total. The second kappa shape index (κ2) is 4.94. The molecular weight excluding hydrogens is 244 g/mol. The van der Waals surface area contributed by atoms with Gasteiger partial charge in [-0.1, -0.05) is 5.16 Å². The molecule has 2 aliphatic rings. The number of likely N-dealkylation sites (tertiary alicyclic amines) is 1. The van der Waals surface area contributed by atoms with Crippen molar-refractivity contribution in [3.63, 3.8) is 0 Å². The first-order valence-electron chi connectivity index (χ1n) is 6.83. The van der Waals surface area contributed by atoms with Crippen molar-refractivity contribution < 1.29 is 9.32 Å². The molecule has 0 radical (unpaired) electrons. The van der Waals surface area contributed by atoms with Crippen LogP contribution in [0.3, 0.4) is 0 Å². The molecule has 6 heteroatoms. The summed E-state index contributed by atoms with van der Waals surface area (Å²) in [5.41, 5.74) is 6.85. The van der Waals surface area contributed by atoms with Gasteiger partial charge in [0.05, 0.1) is 12.2 Å². The van der Waals surface area contributed by atoms with Gasteiger partial charge in [-0.15, -0.1) is 0 Å². The molecular formula is C13H20N4O2. The quantitative estimate of drug-likeness (QED) is 0.834. The molecule has 1 aliphatic heterocycles. The predicted molar refractivity (Wildman–Crippen MR) is 70.5 cm³/mol. The third-order valence-electron chi connectivity index (χ3n) is 4.25. The number of carbonyl (C=O) groups is 1. The van der Waals surface area contributed by atoms with Crippen LogP contribution in [0.25, 0.3) is 0 Å². The Bertz CT molecular complexity index is 473. The van der Waals surface area contributed by atoms with Gasteiger partial charge < -0.3 is 10.3 Å². The number of nitrogens with two attached hydrogens (primary N) is 1. The van der Waals surface area contributed by atoms with Crippen molar-refractivity contribution in [2.75, 3.05) is 25.0 Å². The van der Waals surface area contributed by atoms with Gasteiger partial charge in [0.25, 0.3) is 0 Å². The summed E-state index contributed by atoms with van der Waals surface area (Å²) in [4.78, 5) is 14.1. The van der Waals surface area contributed by atoms with Crippen molar-refractivity contribution in [3.8, 4) is 0 Å². The minimum absolute atomic E-state index is 0.0512. The minimum Gasteiger partial charge on any atom is -0.338 e. The van der Waals surface area contributed by atoms with Gasteiger partial charge in [0, 0.05) is 25.2 Å². The smallest absolute Gasteiger partial charge is 0.240 e. The monoisotopic (exact) mass is 264 g/mol. The molecule has 3 rings (SSSR count). The molecule has 0 spiro atoms. The molecule has 2 heterocycles. The highest BCUT2D eigenvalue weighted by Gasteiger charge is 2.41. The molecule has 1 saturated carbocycles. The lowest BCUT2D eigenvalue weighted by molar-refractivity contribution is -0.117.